The number of benzene rings is 3. The topological polar surface area (TPSA) is 57.0 Å². The fourth-order valence-corrected chi connectivity index (χ4v) is 2.81. The van der Waals surface area contributed by atoms with E-state index in [0.717, 1.165) is 28.0 Å². The van der Waals surface area contributed by atoms with Gasteiger partial charge < -0.3 is 4.74 Å². The molecule has 0 amide bonds. The number of fused-ring (bicyclic) bond motifs is 1. The summed E-state index contributed by atoms with van der Waals surface area (Å²) in [4.78, 5) is 12.4. The zero-order chi connectivity index (χ0) is 18.6. The number of allylic oxidation sites excluding steroid dienone is 1. The number of aromatic nitrogens is 3. The summed E-state index contributed by atoms with van der Waals surface area (Å²) in [6, 6.07) is 22.6. The minimum absolute atomic E-state index is 0.0548. The lowest BCUT2D eigenvalue weighted by molar-refractivity contribution is 0.104. The fourth-order valence-electron chi connectivity index (χ4n) is 2.81. The molecule has 27 heavy (non-hydrogen) atoms. The molecule has 0 saturated carbocycles. The largest absolute Gasteiger partial charge is 0.497 e. The molecule has 0 radical (unpaired) electrons. The Balaban J connectivity index is 1.53. The van der Waals surface area contributed by atoms with Crippen molar-refractivity contribution in [2.24, 2.45) is 0 Å². The minimum Gasteiger partial charge on any atom is -0.497 e. The van der Waals surface area contributed by atoms with Crippen molar-refractivity contribution in [2.75, 3.05) is 7.11 Å². The second-order valence-corrected chi connectivity index (χ2v) is 6.01. The van der Waals surface area contributed by atoms with Gasteiger partial charge in [-0.1, -0.05) is 35.6 Å². The van der Waals surface area contributed by atoms with E-state index in [2.05, 4.69) is 10.3 Å². The first-order chi connectivity index (χ1) is 13.2. The van der Waals surface area contributed by atoms with Gasteiger partial charge in [0.25, 0.3) is 0 Å². The number of rotatable bonds is 5. The maximum absolute atomic E-state index is 12.4. The Hall–Kier alpha value is -3.73. The highest BCUT2D eigenvalue weighted by molar-refractivity contribution is 6.06. The number of para-hydroxylation sites is 1. The second-order valence-electron chi connectivity index (χ2n) is 6.01. The van der Waals surface area contributed by atoms with Crippen LogP contribution in [0.2, 0.25) is 0 Å². The van der Waals surface area contributed by atoms with Crippen LogP contribution in [-0.2, 0) is 0 Å². The van der Waals surface area contributed by atoms with Gasteiger partial charge in [-0.3, -0.25) is 4.79 Å². The first kappa shape index (κ1) is 16.7. The Bertz CT molecular complexity index is 1110. The van der Waals surface area contributed by atoms with Crippen LogP contribution in [0.1, 0.15) is 15.9 Å². The number of carbonyl (C=O) groups excluding carboxylic acids is 1. The smallest absolute Gasteiger partial charge is 0.185 e. The summed E-state index contributed by atoms with van der Waals surface area (Å²) >= 11 is 0. The lowest BCUT2D eigenvalue weighted by Gasteiger charge is -2.03. The molecular formula is C22H17N3O2. The van der Waals surface area contributed by atoms with Gasteiger partial charge in [-0.15, -0.1) is 5.10 Å². The van der Waals surface area contributed by atoms with E-state index >= 15 is 0 Å². The lowest BCUT2D eigenvalue weighted by Crippen LogP contribution is -1.99. The Kier molecular flexibility index (Phi) is 4.49. The molecule has 4 rings (SSSR count). The Morgan fingerprint density at radius 2 is 1.70 bits per heavy atom. The zero-order valence-corrected chi connectivity index (χ0v) is 14.7. The molecule has 0 N–H and O–H groups in total. The molecule has 132 valence electrons. The molecule has 5 nitrogen and oxygen atoms in total. The van der Waals surface area contributed by atoms with Crippen LogP contribution >= 0.6 is 0 Å². The first-order valence-electron chi connectivity index (χ1n) is 8.52. The first-order valence-corrected chi connectivity index (χ1v) is 8.52. The third-order valence-electron chi connectivity index (χ3n) is 4.29. The number of carbonyl (C=O) groups is 1. The van der Waals surface area contributed by atoms with E-state index in [1.165, 1.54) is 0 Å². The van der Waals surface area contributed by atoms with E-state index in [1.807, 2.05) is 60.7 Å². The molecule has 0 unspecified atom stereocenters. The van der Waals surface area contributed by atoms with Gasteiger partial charge in [-0.05, 0) is 60.2 Å². The average Bonchev–Trinajstić information content (AvgIpc) is 3.16. The van der Waals surface area contributed by atoms with Gasteiger partial charge in [-0.25, -0.2) is 4.68 Å². The van der Waals surface area contributed by atoms with E-state index in [1.54, 1.807) is 36.1 Å². The standard InChI is InChI=1S/C22H17N3O2/c1-27-19-13-6-16(7-14-19)8-15-22(26)17-9-11-18(12-10-17)25-21-5-3-2-4-20(21)23-24-25/h2-15H,1H3/b15-8+. The van der Waals surface area contributed by atoms with Crippen LogP contribution in [-0.4, -0.2) is 27.9 Å². The summed E-state index contributed by atoms with van der Waals surface area (Å²) in [5.41, 5.74) is 4.18. The molecule has 5 heteroatoms. The van der Waals surface area contributed by atoms with Crippen molar-refractivity contribution >= 4 is 22.9 Å². The lowest BCUT2D eigenvalue weighted by atomic mass is 10.1. The van der Waals surface area contributed by atoms with Crippen LogP contribution in [0, 0.1) is 0 Å². The number of ketones is 1. The number of methoxy groups -OCH3 is 1. The molecule has 1 heterocycles. The molecule has 0 aliphatic carbocycles. The van der Waals surface area contributed by atoms with Crippen LogP contribution in [0.3, 0.4) is 0 Å². The van der Waals surface area contributed by atoms with E-state index in [9.17, 15) is 4.79 Å². The molecule has 4 aromatic rings. The van der Waals surface area contributed by atoms with Crippen molar-refractivity contribution in [3.63, 3.8) is 0 Å². The van der Waals surface area contributed by atoms with Gasteiger partial charge in [0.15, 0.2) is 5.78 Å². The van der Waals surface area contributed by atoms with Gasteiger partial charge in [0.2, 0.25) is 0 Å². The molecule has 0 aliphatic heterocycles. The van der Waals surface area contributed by atoms with Crippen LogP contribution in [0.25, 0.3) is 22.8 Å². The summed E-state index contributed by atoms with van der Waals surface area (Å²) in [5.74, 6) is 0.732. The van der Waals surface area contributed by atoms with Crippen LogP contribution in [0.15, 0.2) is 78.9 Å². The highest BCUT2D eigenvalue weighted by atomic mass is 16.5. The summed E-state index contributed by atoms with van der Waals surface area (Å²) in [6.45, 7) is 0. The third kappa shape index (κ3) is 3.48. The monoisotopic (exact) mass is 355 g/mol. The molecule has 3 aromatic carbocycles. The van der Waals surface area contributed by atoms with Crippen molar-refractivity contribution in [1.82, 2.24) is 15.0 Å². The van der Waals surface area contributed by atoms with Crippen molar-refractivity contribution in [3.05, 3.63) is 90.0 Å². The molecule has 0 aliphatic rings. The second kappa shape index (κ2) is 7.25. The SMILES string of the molecule is COc1ccc(/C=C/C(=O)c2ccc(-n3nnc4ccccc43)cc2)cc1. The van der Waals surface area contributed by atoms with Gasteiger partial charge in [0.05, 0.1) is 18.3 Å². The Morgan fingerprint density at radius 3 is 2.44 bits per heavy atom. The molecule has 0 fully saturated rings. The summed E-state index contributed by atoms with van der Waals surface area (Å²) in [7, 11) is 1.63. The number of hydrogen-bond acceptors (Lipinski definition) is 4. The van der Waals surface area contributed by atoms with Crippen molar-refractivity contribution in [1.29, 1.82) is 0 Å². The molecule has 0 saturated heterocycles. The van der Waals surface area contributed by atoms with Gasteiger partial charge >= 0.3 is 0 Å². The summed E-state index contributed by atoms with van der Waals surface area (Å²) in [5, 5.41) is 8.34. The molecule has 1 aromatic heterocycles. The molecule has 0 bridgehead atoms. The van der Waals surface area contributed by atoms with E-state index in [4.69, 9.17) is 4.74 Å². The maximum Gasteiger partial charge on any atom is 0.185 e. The average molecular weight is 355 g/mol. The van der Waals surface area contributed by atoms with Crippen molar-refractivity contribution < 1.29 is 9.53 Å². The predicted octanol–water partition coefficient (Wildman–Crippen LogP) is 4.33. The van der Waals surface area contributed by atoms with E-state index in [0.29, 0.717) is 5.56 Å². The summed E-state index contributed by atoms with van der Waals surface area (Å²) in [6.07, 6.45) is 3.36. The van der Waals surface area contributed by atoms with Gasteiger partial charge in [0, 0.05) is 5.56 Å². The molecular weight excluding hydrogens is 338 g/mol. The highest BCUT2D eigenvalue weighted by Gasteiger charge is 2.07. The van der Waals surface area contributed by atoms with Crippen LogP contribution in [0.5, 0.6) is 5.75 Å². The molecule has 0 spiro atoms. The minimum atomic E-state index is -0.0548. The van der Waals surface area contributed by atoms with Crippen molar-refractivity contribution in [2.45, 2.75) is 0 Å². The quantitative estimate of drug-likeness (QED) is 0.395. The Labute approximate surface area is 156 Å². The fraction of sp³-hybridized carbons (Fsp3) is 0.0455. The predicted molar refractivity (Wildman–Crippen MR) is 105 cm³/mol. The maximum atomic E-state index is 12.4. The number of nitrogens with zero attached hydrogens (tertiary/aromatic N) is 3. The normalized spacial score (nSPS) is 11.1. The highest BCUT2D eigenvalue weighted by Crippen LogP contribution is 2.17. The molecule has 0 atom stereocenters. The zero-order valence-electron chi connectivity index (χ0n) is 14.7. The van der Waals surface area contributed by atoms with Crippen LogP contribution < -0.4 is 4.74 Å². The number of ether oxygens (including phenoxy) is 1. The Morgan fingerprint density at radius 1 is 0.963 bits per heavy atom. The van der Waals surface area contributed by atoms with Crippen LogP contribution in [0.4, 0.5) is 0 Å². The third-order valence-corrected chi connectivity index (χ3v) is 4.29. The summed E-state index contributed by atoms with van der Waals surface area (Å²) < 4.78 is 6.89. The van der Waals surface area contributed by atoms with Gasteiger partial charge in [-0.2, -0.15) is 0 Å². The van der Waals surface area contributed by atoms with E-state index < -0.39 is 0 Å². The van der Waals surface area contributed by atoms with E-state index in [-0.39, 0.29) is 5.78 Å². The van der Waals surface area contributed by atoms with Gasteiger partial charge in [0.1, 0.15) is 11.3 Å². The van der Waals surface area contributed by atoms with Crippen molar-refractivity contribution in [3.8, 4) is 11.4 Å². The number of hydrogen-bond donors (Lipinski definition) is 0.